The van der Waals surface area contributed by atoms with Crippen LogP contribution in [0.2, 0.25) is 5.02 Å². The fourth-order valence-electron chi connectivity index (χ4n) is 2.90. The Labute approximate surface area is 168 Å². The summed E-state index contributed by atoms with van der Waals surface area (Å²) >= 11 is 6.01. The molecule has 0 bridgehead atoms. The summed E-state index contributed by atoms with van der Waals surface area (Å²) in [5.41, 5.74) is 1.30. The SMILES string of the molecule is COc1ccc2ccccc2c1CNC(=O)c1ccc(Cl)c(NS(C)(=O)=O)c1. The van der Waals surface area contributed by atoms with E-state index in [1.165, 1.54) is 18.2 Å². The van der Waals surface area contributed by atoms with Crippen LogP contribution in [-0.4, -0.2) is 27.7 Å². The Morgan fingerprint density at radius 2 is 1.86 bits per heavy atom. The molecular formula is C20H19ClN2O4S. The third-order valence-electron chi connectivity index (χ3n) is 4.17. The van der Waals surface area contributed by atoms with Crippen LogP contribution in [0.25, 0.3) is 10.8 Å². The molecule has 8 heteroatoms. The maximum Gasteiger partial charge on any atom is 0.251 e. The third kappa shape index (κ3) is 4.55. The minimum absolute atomic E-state index is 0.152. The number of sulfonamides is 1. The molecular weight excluding hydrogens is 400 g/mol. The predicted octanol–water partition coefficient (Wildman–Crippen LogP) is 3.80. The number of amides is 1. The number of fused-ring (bicyclic) bond motifs is 1. The zero-order chi connectivity index (χ0) is 20.3. The van der Waals surface area contributed by atoms with Gasteiger partial charge in [-0.05, 0) is 35.0 Å². The van der Waals surface area contributed by atoms with Gasteiger partial charge < -0.3 is 10.1 Å². The zero-order valence-electron chi connectivity index (χ0n) is 15.3. The van der Waals surface area contributed by atoms with Gasteiger partial charge in [0.15, 0.2) is 0 Å². The van der Waals surface area contributed by atoms with Gasteiger partial charge in [0, 0.05) is 17.7 Å². The molecule has 0 spiro atoms. The van der Waals surface area contributed by atoms with Crippen LogP contribution in [0.15, 0.2) is 54.6 Å². The van der Waals surface area contributed by atoms with Crippen LogP contribution in [0.4, 0.5) is 5.69 Å². The van der Waals surface area contributed by atoms with E-state index in [0.29, 0.717) is 5.75 Å². The van der Waals surface area contributed by atoms with Crippen molar-refractivity contribution in [1.82, 2.24) is 5.32 Å². The molecule has 146 valence electrons. The van der Waals surface area contributed by atoms with Crippen molar-refractivity contribution in [3.05, 3.63) is 70.7 Å². The monoisotopic (exact) mass is 418 g/mol. The van der Waals surface area contributed by atoms with Crippen molar-refractivity contribution in [3.63, 3.8) is 0 Å². The summed E-state index contributed by atoms with van der Waals surface area (Å²) in [4.78, 5) is 12.6. The van der Waals surface area contributed by atoms with Gasteiger partial charge in [0.25, 0.3) is 5.91 Å². The highest BCUT2D eigenvalue weighted by Gasteiger charge is 2.14. The number of hydrogen-bond acceptors (Lipinski definition) is 4. The third-order valence-corrected chi connectivity index (χ3v) is 5.09. The second kappa shape index (κ2) is 8.08. The Hall–Kier alpha value is -2.77. The van der Waals surface area contributed by atoms with Gasteiger partial charge in [0.2, 0.25) is 10.0 Å². The van der Waals surface area contributed by atoms with Gasteiger partial charge in [-0.2, -0.15) is 0 Å². The number of nitrogens with one attached hydrogen (secondary N) is 2. The molecule has 0 saturated heterocycles. The number of halogens is 1. The number of methoxy groups -OCH3 is 1. The molecule has 28 heavy (non-hydrogen) atoms. The molecule has 0 fully saturated rings. The first-order valence-corrected chi connectivity index (χ1v) is 10.7. The molecule has 0 aliphatic carbocycles. The minimum Gasteiger partial charge on any atom is -0.496 e. The van der Waals surface area contributed by atoms with E-state index in [0.717, 1.165) is 22.6 Å². The summed E-state index contributed by atoms with van der Waals surface area (Å²) in [6, 6.07) is 16.1. The molecule has 1 amide bonds. The summed E-state index contributed by atoms with van der Waals surface area (Å²) in [7, 11) is -1.93. The smallest absolute Gasteiger partial charge is 0.251 e. The number of benzene rings is 3. The van der Waals surface area contributed by atoms with Crippen molar-refractivity contribution in [1.29, 1.82) is 0 Å². The normalized spacial score (nSPS) is 11.2. The molecule has 3 aromatic carbocycles. The first-order valence-electron chi connectivity index (χ1n) is 8.38. The second-order valence-electron chi connectivity index (χ2n) is 6.22. The minimum atomic E-state index is -3.51. The molecule has 0 aromatic heterocycles. The quantitative estimate of drug-likeness (QED) is 0.637. The Morgan fingerprint density at radius 3 is 2.57 bits per heavy atom. The summed E-state index contributed by atoms with van der Waals surface area (Å²) in [5, 5.41) is 5.08. The fraction of sp³-hybridized carbons (Fsp3) is 0.150. The van der Waals surface area contributed by atoms with Gasteiger partial charge in [-0.1, -0.05) is 41.9 Å². The number of ether oxygens (including phenoxy) is 1. The Morgan fingerprint density at radius 1 is 1.11 bits per heavy atom. The largest absolute Gasteiger partial charge is 0.496 e. The molecule has 6 nitrogen and oxygen atoms in total. The van der Waals surface area contributed by atoms with Crippen molar-refractivity contribution in [2.45, 2.75) is 6.54 Å². The number of hydrogen-bond donors (Lipinski definition) is 2. The van der Waals surface area contributed by atoms with Crippen LogP contribution >= 0.6 is 11.6 Å². The second-order valence-corrected chi connectivity index (χ2v) is 8.37. The van der Waals surface area contributed by atoms with E-state index in [1.54, 1.807) is 7.11 Å². The van der Waals surface area contributed by atoms with Gasteiger partial charge in [0.05, 0.1) is 24.1 Å². The Kier molecular flexibility index (Phi) is 5.76. The van der Waals surface area contributed by atoms with Crippen LogP contribution < -0.4 is 14.8 Å². The lowest BCUT2D eigenvalue weighted by Crippen LogP contribution is -2.23. The van der Waals surface area contributed by atoms with E-state index in [1.807, 2.05) is 36.4 Å². The van der Waals surface area contributed by atoms with Gasteiger partial charge in [0.1, 0.15) is 5.75 Å². The average molecular weight is 419 g/mol. The summed E-state index contributed by atoms with van der Waals surface area (Å²) < 4.78 is 30.6. The lowest BCUT2D eigenvalue weighted by molar-refractivity contribution is 0.0951. The molecule has 0 radical (unpaired) electrons. The molecule has 0 saturated carbocycles. The van der Waals surface area contributed by atoms with Crippen molar-refractivity contribution in [3.8, 4) is 5.75 Å². The number of carbonyl (C=O) groups excluding carboxylic acids is 1. The Bertz CT molecular complexity index is 1150. The highest BCUT2D eigenvalue weighted by Crippen LogP contribution is 2.28. The molecule has 0 unspecified atom stereocenters. The summed E-state index contributed by atoms with van der Waals surface area (Å²) in [6.07, 6.45) is 1.02. The molecule has 0 aliphatic rings. The zero-order valence-corrected chi connectivity index (χ0v) is 16.9. The summed E-state index contributed by atoms with van der Waals surface area (Å²) in [6.45, 7) is 0.251. The standard InChI is InChI=1S/C20H19ClN2O4S/c1-27-19-10-8-13-5-3-4-6-15(13)16(19)12-22-20(24)14-7-9-17(21)18(11-14)23-28(2,25)26/h3-11,23H,12H2,1-2H3,(H,22,24). The topological polar surface area (TPSA) is 84.5 Å². The van der Waals surface area contributed by atoms with E-state index in [4.69, 9.17) is 16.3 Å². The van der Waals surface area contributed by atoms with E-state index < -0.39 is 10.0 Å². The van der Waals surface area contributed by atoms with Crippen molar-refractivity contribution < 1.29 is 17.9 Å². The Balaban J connectivity index is 1.85. The average Bonchev–Trinajstić information content (AvgIpc) is 2.66. The first kappa shape index (κ1) is 20.0. The van der Waals surface area contributed by atoms with Gasteiger partial charge in [-0.15, -0.1) is 0 Å². The maximum atomic E-state index is 12.6. The summed E-state index contributed by atoms with van der Waals surface area (Å²) in [5.74, 6) is 0.317. The molecule has 2 N–H and O–H groups in total. The van der Waals surface area contributed by atoms with Crippen LogP contribution in [0.5, 0.6) is 5.75 Å². The van der Waals surface area contributed by atoms with Crippen LogP contribution in [-0.2, 0) is 16.6 Å². The predicted molar refractivity (Wildman–Crippen MR) is 112 cm³/mol. The lowest BCUT2D eigenvalue weighted by atomic mass is 10.0. The van der Waals surface area contributed by atoms with Crippen molar-refractivity contribution >= 4 is 44.0 Å². The first-order chi connectivity index (χ1) is 13.3. The van der Waals surface area contributed by atoms with Crippen LogP contribution in [0.1, 0.15) is 15.9 Å². The fourth-order valence-corrected chi connectivity index (χ4v) is 3.69. The maximum absolute atomic E-state index is 12.6. The molecule has 0 aliphatic heterocycles. The highest BCUT2D eigenvalue weighted by molar-refractivity contribution is 7.92. The lowest BCUT2D eigenvalue weighted by Gasteiger charge is -2.14. The van der Waals surface area contributed by atoms with Crippen LogP contribution in [0, 0.1) is 0 Å². The van der Waals surface area contributed by atoms with Crippen LogP contribution in [0.3, 0.4) is 0 Å². The van der Waals surface area contributed by atoms with Gasteiger partial charge in [-0.3, -0.25) is 9.52 Å². The number of rotatable bonds is 6. The highest BCUT2D eigenvalue weighted by atomic mass is 35.5. The van der Waals surface area contributed by atoms with Gasteiger partial charge >= 0.3 is 0 Å². The number of anilines is 1. The molecule has 3 rings (SSSR count). The van der Waals surface area contributed by atoms with Gasteiger partial charge in [-0.25, -0.2) is 8.42 Å². The molecule has 0 atom stereocenters. The molecule has 0 heterocycles. The van der Waals surface area contributed by atoms with Crippen molar-refractivity contribution in [2.24, 2.45) is 0 Å². The van der Waals surface area contributed by atoms with Crippen molar-refractivity contribution in [2.75, 3.05) is 18.1 Å². The molecule has 3 aromatic rings. The van der Waals surface area contributed by atoms with E-state index in [2.05, 4.69) is 10.0 Å². The van der Waals surface area contributed by atoms with E-state index in [9.17, 15) is 13.2 Å². The number of carbonyl (C=O) groups is 1. The van der Waals surface area contributed by atoms with E-state index in [-0.39, 0.29) is 28.7 Å². The van der Waals surface area contributed by atoms with E-state index >= 15 is 0 Å².